The van der Waals surface area contributed by atoms with Crippen LogP contribution < -0.4 is 5.73 Å². The molecule has 1 heterocycles. The third-order valence-corrected chi connectivity index (χ3v) is 1.70. The van der Waals surface area contributed by atoms with E-state index in [0.29, 0.717) is 12.4 Å². The van der Waals surface area contributed by atoms with Gasteiger partial charge in [0.05, 0.1) is 12.9 Å². The van der Waals surface area contributed by atoms with Gasteiger partial charge in [0.25, 0.3) is 0 Å². The maximum absolute atomic E-state index is 11.2. The normalized spacial score (nSPS) is 12.5. The quantitative estimate of drug-likeness (QED) is 0.696. The molecule has 5 nitrogen and oxygen atoms in total. The average molecular weight is 183 g/mol. The van der Waals surface area contributed by atoms with E-state index in [0.717, 1.165) is 0 Å². The maximum atomic E-state index is 11.2. The third-order valence-electron chi connectivity index (χ3n) is 1.70. The molecule has 1 aromatic heterocycles. The fraction of sp³-hybridized carbons (Fsp3) is 0.500. The SMILES string of the molecule is CCOC(=O)C(C)n1cnc(N)c1. The molecule has 1 rings (SSSR count). The van der Waals surface area contributed by atoms with Gasteiger partial charge in [-0.2, -0.15) is 0 Å². The number of rotatable bonds is 3. The highest BCUT2D eigenvalue weighted by Crippen LogP contribution is 2.09. The molecule has 0 bridgehead atoms. The molecule has 0 saturated heterocycles. The number of nitrogens with zero attached hydrogens (tertiary/aromatic N) is 2. The number of anilines is 1. The second-order valence-electron chi connectivity index (χ2n) is 2.67. The van der Waals surface area contributed by atoms with E-state index in [9.17, 15) is 4.79 Å². The first kappa shape index (κ1) is 9.57. The average Bonchev–Trinajstić information content (AvgIpc) is 2.51. The van der Waals surface area contributed by atoms with Gasteiger partial charge >= 0.3 is 5.97 Å². The Morgan fingerprint density at radius 1 is 1.85 bits per heavy atom. The molecule has 0 spiro atoms. The highest BCUT2D eigenvalue weighted by molar-refractivity contribution is 5.73. The first-order chi connectivity index (χ1) is 6.15. The standard InChI is InChI=1S/C8H13N3O2/c1-3-13-8(12)6(2)11-4-7(9)10-5-11/h4-6H,3,9H2,1-2H3. The van der Waals surface area contributed by atoms with Crippen molar-refractivity contribution in [3.05, 3.63) is 12.5 Å². The summed E-state index contributed by atoms with van der Waals surface area (Å²) in [7, 11) is 0. The van der Waals surface area contributed by atoms with Crippen molar-refractivity contribution in [3.8, 4) is 0 Å². The Balaban J connectivity index is 2.67. The Hall–Kier alpha value is -1.52. The molecule has 0 aliphatic heterocycles. The van der Waals surface area contributed by atoms with Crippen molar-refractivity contribution in [2.24, 2.45) is 0 Å². The summed E-state index contributed by atoms with van der Waals surface area (Å²) in [6.07, 6.45) is 3.11. The summed E-state index contributed by atoms with van der Waals surface area (Å²) in [5.74, 6) is 0.121. The van der Waals surface area contributed by atoms with Crippen molar-refractivity contribution < 1.29 is 9.53 Å². The monoisotopic (exact) mass is 183 g/mol. The van der Waals surface area contributed by atoms with Crippen molar-refractivity contribution in [2.75, 3.05) is 12.3 Å². The second-order valence-corrected chi connectivity index (χ2v) is 2.67. The predicted octanol–water partition coefficient (Wildman–Crippen LogP) is 0.589. The van der Waals surface area contributed by atoms with Crippen LogP contribution >= 0.6 is 0 Å². The summed E-state index contributed by atoms with van der Waals surface area (Å²) < 4.78 is 6.46. The van der Waals surface area contributed by atoms with Gasteiger partial charge in [0.15, 0.2) is 0 Å². The molecule has 1 atom stereocenters. The van der Waals surface area contributed by atoms with Gasteiger partial charge in [-0.1, -0.05) is 0 Å². The molecule has 72 valence electrons. The summed E-state index contributed by atoms with van der Waals surface area (Å²) >= 11 is 0. The number of hydrogen-bond acceptors (Lipinski definition) is 4. The lowest BCUT2D eigenvalue weighted by Gasteiger charge is -2.10. The molecule has 0 fully saturated rings. The van der Waals surface area contributed by atoms with Crippen LogP contribution in [-0.4, -0.2) is 22.1 Å². The zero-order chi connectivity index (χ0) is 9.84. The molecule has 0 saturated carbocycles. The first-order valence-electron chi connectivity index (χ1n) is 4.10. The number of esters is 1. The van der Waals surface area contributed by atoms with Gasteiger partial charge < -0.3 is 15.0 Å². The molecule has 1 unspecified atom stereocenters. The molecule has 1 aromatic rings. The van der Waals surface area contributed by atoms with E-state index >= 15 is 0 Å². The minimum Gasteiger partial charge on any atom is -0.464 e. The van der Waals surface area contributed by atoms with Crippen LogP contribution in [0.4, 0.5) is 5.82 Å². The maximum Gasteiger partial charge on any atom is 0.328 e. The van der Waals surface area contributed by atoms with Crippen LogP contribution in [0.15, 0.2) is 12.5 Å². The van der Waals surface area contributed by atoms with E-state index in [2.05, 4.69) is 4.98 Å². The summed E-state index contributed by atoms with van der Waals surface area (Å²) in [5, 5.41) is 0. The van der Waals surface area contributed by atoms with Crippen LogP contribution in [0.25, 0.3) is 0 Å². The number of hydrogen-bond donors (Lipinski definition) is 1. The number of aromatic nitrogens is 2. The third kappa shape index (κ3) is 2.21. The number of nitrogens with two attached hydrogens (primary N) is 1. The van der Waals surface area contributed by atoms with E-state index in [-0.39, 0.29) is 12.0 Å². The molecule has 13 heavy (non-hydrogen) atoms. The lowest BCUT2D eigenvalue weighted by molar-refractivity contribution is -0.146. The predicted molar refractivity (Wildman–Crippen MR) is 48.0 cm³/mol. The molecule has 0 amide bonds. The van der Waals surface area contributed by atoms with E-state index in [1.54, 1.807) is 24.6 Å². The number of carbonyl (C=O) groups is 1. The number of carbonyl (C=O) groups excluding carboxylic acids is 1. The lowest BCUT2D eigenvalue weighted by atomic mass is 10.3. The summed E-state index contributed by atoms with van der Waals surface area (Å²) in [4.78, 5) is 15.1. The molecule has 2 N–H and O–H groups in total. The van der Waals surface area contributed by atoms with Gasteiger partial charge in [-0.3, -0.25) is 0 Å². The minimum atomic E-state index is -0.371. The summed E-state index contributed by atoms with van der Waals surface area (Å²) in [6, 6.07) is -0.371. The second kappa shape index (κ2) is 3.93. The van der Waals surface area contributed by atoms with Crippen molar-refractivity contribution in [2.45, 2.75) is 19.9 Å². The van der Waals surface area contributed by atoms with E-state index in [4.69, 9.17) is 10.5 Å². The lowest BCUT2D eigenvalue weighted by Crippen LogP contribution is -2.17. The molecular weight excluding hydrogens is 170 g/mol. The smallest absolute Gasteiger partial charge is 0.328 e. The van der Waals surface area contributed by atoms with E-state index in [1.807, 2.05) is 0 Å². The number of ether oxygens (including phenoxy) is 1. The molecule has 0 aromatic carbocycles. The van der Waals surface area contributed by atoms with Crippen molar-refractivity contribution >= 4 is 11.8 Å². The molecule has 5 heteroatoms. The van der Waals surface area contributed by atoms with Gasteiger partial charge in [-0.05, 0) is 13.8 Å². The Bertz CT molecular complexity index is 295. The Morgan fingerprint density at radius 3 is 3.00 bits per heavy atom. The molecular formula is C8H13N3O2. The van der Waals surface area contributed by atoms with Crippen molar-refractivity contribution in [3.63, 3.8) is 0 Å². The fourth-order valence-corrected chi connectivity index (χ4v) is 0.949. The van der Waals surface area contributed by atoms with E-state index in [1.165, 1.54) is 6.33 Å². The molecule has 0 aliphatic rings. The Kier molecular flexibility index (Phi) is 2.89. The Labute approximate surface area is 76.5 Å². The fourth-order valence-electron chi connectivity index (χ4n) is 0.949. The number of nitrogen functional groups attached to an aromatic ring is 1. The van der Waals surface area contributed by atoms with Crippen LogP contribution in [0, 0.1) is 0 Å². The van der Waals surface area contributed by atoms with Gasteiger partial charge in [0, 0.05) is 6.20 Å². The Morgan fingerprint density at radius 2 is 2.54 bits per heavy atom. The highest BCUT2D eigenvalue weighted by Gasteiger charge is 2.15. The van der Waals surface area contributed by atoms with Gasteiger partial charge in [0.1, 0.15) is 11.9 Å². The minimum absolute atomic E-state index is 0.278. The number of imidazole rings is 1. The zero-order valence-corrected chi connectivity index (χ0v) is 7.73. The summed E-state index contributed by atoms with van der Waals surface area (Å²) in [6.45, 7) is 3.89. The van der Waals surface area contributed by atoms with Gasteiger partial charge in [-0.15, -0.1) is 0 Å². The largest absolute Gasteiger partial charge is 0.464 e. The zero-order valence-electron chi connectivity index (χ0n) is 7.73. The van der Waals surface area contributed by atoms with Gasteiger partial charge in [0.2, 0.25) is 0 Å². The van der Waals surface area contributed by atoms with Gasteiger partial charge in [-0.25, -0.2) is 9.78 Å². The van der Waals surface area contributed by atoms with E-state index < -0.39 is 0 Å². The van der Waals surface area contributed by atoms with Crippen molar-refractivity contribution in [1.29, 1.82) is 0 Å². The highest BCUT2D eigenvalue weighted by atomic mass is 16.5. The topological polar surface area (TPSA) is 70.1 Å². The van der Waals surface area contributed by atoms with Crippen LogP contribution in [-0.2, 0) is 9.53 Å². The summed E-state index contributed by atoms with van der Waals surface area (Å²) in [5.41, 5.74) is 5.41. The van der Waals surface area contributed by atoms with Crippen LogP contribution in [0.5, 0.6) is 0 Å². The molecule has 0 aliphatic carbocycles. The first-order valence-corrected chi connectivity index (χ1v) is 4.10. The molecule has 0 radical (unpaired) electrons. The van der Waals surface area contributed by atoms with Crippen LogP contribution in [0.3, 0.4) is 0 Å². The van der Waals surface area contributed by atoms with Crippen molar-refractivity contribution in [1.82, 2.24) is 9.55 Å². The van der Waals surface area contributed by atoms with Crippen LogP contribution in [0.2, 0.25) is 0 Å². The van der Waals surface area contributed by atoms with Crippen LogP contribution in [0.1, 0.15) is 19.9 Å².